The number of aliphatic hydroxyl groups is 1. The van der Waals surface area contributed by atoms with E-state index >= 15 is 0 Å². The Morgan fingerprint density at radius 1 is 1.21 bits per heavy atom. The summed E-state index contributed by atoms with van der Waals surface area (Å²) >= 11 is 0. The molecule has 1 aliphatic rings. The van der Waals surface area contributed by atoms with Gasteiger partial charge in [-0.2, -0.15) is 0 Å². The molecule has 0 saturated heterocycles. The number of nitrogens with one attached hydrogen (secondary N) is 1. The maximum absolute atomic E-state index is 9.52. The van der Waals surface area contributed by atoms with Gasteiger partial charge in [-0.05, 0) is 49.4 Å². The van der Waals surface area contributed by atoms with Crippen LogP contribution in [0.4, 0.5) is 0 Å². The fraction of sp³-hybridized carbons (Fsp3) is 0.438. The first-order valence-electron chi connectivity index (χ1n) is 7.04. The van der Waals surface area contributed by atoms with E-state index in [1.807, 2.05) is 18.3 Å². The Kier molecular flexibility index (Phi) is 3.76. The van der Waals surface area contributed by atoms with Crippen LogP contribution in [-0.4, -0.2) is 22.7 Å². The highest BCUT2D eigenvalue weighted by atomic mass is 16.3. The molecule has 1 aromatic carbocycles. The van der Waals surface area contributed by atoms with Gasteiger partial charge in [-0.25, -0.2) is 0 Å². The second kappa shape index (κ2) is 5.68. The number of hydrogen-bond donors (Lipinski definition) is 2. The van der Waals surface area contributed by atoms with Crippen LogP contribution in [0.25, 0.3) is 10.9 Å². The Morgan fingerprint density at radius 3 is 2.95 bits per heavy atom. The van der Waals surface area contributed by atoms with Crippen molar-refractivity contribution in [3.05, 3.63) is 42.1 Å². The standard InChI is InChI=1S/C16H20N2O/c19-14-6-5-12(9-14)10-17-11-13-7-8-18-16-4-2-1-3-15(13)16/h1-4,7-8,12,14,17,19H,5-6,9-11H2. The molecule has 1 heterocycles. The van der Waals surface area contributed by atoms with Gasteiger partial charge in [0, 0.05) is 18.1 Å². The minimum absolute atomic E-state index is 0.0754. The molecule has 1 fully saturated rings. The predicted molar refractivity (Wildman–Crippen MR) is 76.8 cm³/mol. The number of para-hydroxylation sites is 1. The molecule has 1 aliphatic carbocycles. The maximum atomic E-state index is 9.52. The zero-order valence-electron chi connectivity index (χ0n) is 11.0. The number of aromatic nitrogens is 1. The molecule has 0 bridgehead atoms. The molecule has 2 atom stereocenters. The lowest BCUT2D eigenvalue weighted by Gasteiger charge is -2.12. The first kappa shape index (κ1) is 12.6. The molecule has 2 N–H and O–H groups in total. The van der Waals surface area contributed by atoms with E-state index < -0.39 is 0 Å². The lowest BCUT2D eigenvalue weighted by molar-refractivity contribution is 0.177. The summed E-state index contributed by atoms with van der Waals surface area (Å²) in [6, 6.07) is 10.3. The molecule has 3 nitrogen and oxygen atoms in total. The smallest absolute Gasteiger partial charge is 0.0705 e. The van der Waals surface area contributed by atoms with Gasteiger partial charge in [0.1, 0.15) is 0 Å². The van der Waals surface area contributed by atoms with Crippen LogP contribution in [0.5, 0.6) is 0 Å². The van der Waals surface area contributed by atoms with Gasteiger partial charge in [0.15, 0.2) is 0 Å². The molecular weight excluding hydrogens is 236 g/mol. The molecule has 100 valence electrons. The largest absolute Gasteiger partial charge is 0.393 e. The van der Waals surface area contributed by atoms with Crippen LogP contribution in [0.3, 0.4) is 0 Å². The summed E-state index contributed by atoms with van der Waals surface area (Å²) < 4.78 is 0. The van der Waals surface area contributed by atoms with E-state index in [0.717, 1.165) is 37.9 Å². The van der Waals surface area contributed by atoms with Crippen LogP contribution in [0.15, 0.2) is 36.5 Å². The molecule has 3 heteroatoms. The van der Waals surface area contributed by atoms with Crippen molar-refractivity contribution < 1.29 is 5.11 Å². The first-order chi connectivity index (χ1) is 9.33. The minimum Gasteiger partial charge on any atom is -0.393 e. The van der Waals surface area contributed by atoms with Gasteiger partial charge >= 0.3 is 0 Å². The van der Waals surface area contributed by atoms with Gasteiger partial charge in [0.2, 0.25) is 0 Å². The number of rotatable bonds is 4. The maximum Gasteiger partial charge on any atom is 0.0705 e. The lowest BCUT2D eigenvalue weighted by atomic mass is 10.1. The molecule has 0 amide bonds. The molecule has 1 saturated carbocycles. The molecule has 1 aromatic heterocycles. The number of hydrogen-bond acceptors (Lipinski definition) is 3. The van der Waals surface area contributed by atoms with E-state index in [1.165, 1.54) is 10.9 Å². The average Bonchev–Trinajstić information content (AvgIpc) is 2.85. The third-order valence-corrected chi connectivity index (χ3v) is 4.00. The van der Waals surface area contributed by atoms with Crippen molar-refractivity contribution in [1.29, 1.82) is 0 Å². The van der Waals surface area contributed by atoms with Crippen molar-refractivity contribution >= 4 is 10.9 Å². The summed E-state index contributed by atoms with van der Waals surface area (Å²) in [5, 5.41) is 14.3. The highest BCUT2D eigenvalue weighted by Gasteiger charge is 2.22. The number of benzene rings is 1. The average molecular weight is 256 g/mol. The summed E-state index contributed by atoms with van der Waals surface area (Å²) in [4.78, 5) is 4.38. The molecule has 19 heavy (non-hydrogen) atoms. The zero-order chi connectivity index (χ0) is 13.1. The Hall–Kier alpha value is -1.45. The number of fused-ring (bicyclic) bond motifs is 1. The summed E-state index contributed by atoms with van der Waals surface area (Å²) in [5.74, 6) is 0.628. The van der Waals surface area contributed by atoms with Crippen LogP contribution in [0.1, 0.15) is 24.8 Å². The van der Waals surface area contributed by atoms with Gasteiger partial charge in [-0.15, -0.1) is 0 Å². The monoisotopic (exact) mass is 256 g/mol. The Morgan fingerprint density at radius 2 is 2.11 bits per heavy atom. The van der Waals surface area contributed by atoms with Crippen molar-refractivity contribution in [2.75, 3.05) is 6.54 Å². The summed E-state index contributed by atoms with van der Waals surface area (Å²) in [6.07, 6.45) is 4.85. The van der Waals surface area contributed by atoms with Crippen LogP contribution in [0, 0.1) is 5.92 Å². The van der Waals surface area contributed by atoms with E-state index in [1.54, 1.807) is 0 Å². The lowest BCUT2D eigenvalue weighted by Crippen LogP contribution is -2.21. The number of pyridine rings is 1. The third-order valence-electron chi connectivity index (χ3n) is 4.00. The first-order valence-corrected chi connectivity index (χ1v) is 7.04. The molecule has 0 aliphatic heterocycles. The Bertz CT molecular complexity index is 550. The van der Waals surface area contributed by atoms with Crippen molar-refractivity contribution in [2.24, 2.45) is 5.92 Å². The van der Waals surface area contributed by atoms with E-state index in [2.05, 4.69) is 28.5 Å². The zero-order valence-corrected chi connectivity index (χ0v) is 11.0. The van der Waals surface area contributed by atoms with Crippen LogP contribution in [0.2, 0.25) is 0 Å². The van der Waals surface area contributed by atoms with E-state index in [-0.39, 0.29) is 6.10 Å². The fourth-order valence-corrected chi connectivity index (χ4v) is 2.95. The van der Waals surface area contributed by atoms with Crippen LogP contribution >= 0.6 is 0 Å². The SMILES string of the molecule is OC1CCC(CNCc2ccnc3ccccc23)C1. The van der Waals surface area contributed by atoms with Gasteiger partial charge in [-0.3, -0.25) is 4.98 Å². The topological polar surface area (TPSA) is 45.1 Å². The number of nitrogens with zero attached hydrogens (tertiary/aromatic N) is 1. The molecule has 3 rings (SSSR count). The number of aliphatic hydroxyl groups excluding tert-OH is 1. The fourth-order valence-electron chi connectivity index (χ4n) is 2.95. The molecule has 0 spiro atoms. The van der Waals surface area contributed by atoms with Gasteiger partial charge in [0.25, 0.3) is 0 Å². The highest BCUT2D eigenvalue weighted by Crippen LogP contribution is 2.24. The Balaban J connectivity index is 1.62. The molecule has 2 unspecified atom stereocenters. The van der Waals surface area contributed by atoms with Crippen molar-refractivity contribution in [3.63, 3.8) is 0 Å². The van der Waals surface area contributed by atoms with Crippen molar-refractivity contribution in [3.8, 4) is 0 Å². The second-order valence-corrected chi connectivity index (χ2v) is 5.45. The van der Waals surface area contributed by atoms with Crippen LogP contribution in [-0.2, 0) is 6.54 Å². The molecular formula is C16H20N2O. The quantitative estimate of drug-likeness (QED) is 0.883. The van der Waals surface area contributed by atoms with E-state index in [9.17, 15) is 5.11 Å². The summed E-state index contributed by atoms with van der Waals surface area (Å²) in [5.41, 5.74) is 2.35. The Labute approximate surface area is 113 Å². The van der Waals surface area contributed by atoms with Gasteiger partial charge in [0.05, 0.1) is 11.6 Å². The van der Waals surface area contributed by atoms with Gasteiger partial charge in [-0.1, -0.05) is 18.2 Å². The van der Waals surface area contributed by atoms with E-state index in [0.29, 0.717) is 5.92 Å². The molecule has 0 radical (unpaired) electrons. The van der Waals surface area contributed by atoms with E-state index in [4.69, 9.17) is 0 Å². The van der Waals surface area contributed by atoms with Crippen LogP contribution < -0.4 is 5.32 Å². The summed E-state index contributed by atoms with van der Waals surface area (Å²) in [6.45, 7) is 1.86. The second-order valence-electron chi connectivity index (χ2n) is 5.45. The van der Waals surface area contributed by atoms with Gasteiger partial charge < -0.3 is 10.4 Å². The predicted octanol–water partition coefficient (Wildman–Crippen LogP) is 2.49. The summed E-state index contributed by atoms with van der Waals surface area (Å²) in [7, 11) is 0. The normalized spacial score (nSPS) is 23.0. The minimum atomic E-state index is -0.0754. The highest BCUT2D eigenvalue weighted by molar-refractivity contribution is 5.81. The third kappa shape index (κ3) is 2.94. The molecule has 2 aromatic rings. The van der Waals surface area contributed by atoms with Crippen molar-refractivity contribution in [1.82, 2.24) is 10.3 Å². The van der Waals surface area contributed by atoms with Crippen molar-refractivity contribution in [2.45, 2.75) is 31.9 Å².